The molecule has 1 amide bonds. The monoisotopic (exact) mass is 320 g/mol. The largest absolute Gasteiger partial charge is 0.325 e. The van der Waals surface area contributed by atoms with E-state index in [1.807, 2.05) is 50.2 Å². The quantitative estimate of drug-likeness (QED) is 0.909. The molecule has 0 aliphatic heterocycles. The van der Waals surface area contributed by atoms with Crippen molar-refractivity contribution in [2.45, 2.75) is 19.9 Å². The van der Waals surface area contributed by atoms with Crippen molar-refractivity contribution in [1.29, 1.82) is 0 Å². The fraction of sp³-hybridized carbons (Fsp3) is 0.267. The average Bonchev–Trinajstić information content (AvgIpc) is 2.37. The van der Waals surface area contributed by atoms with Crippen LogP contribution in [0.1, 0.15) is 13.8 Å². The summed E-state index contributed by atoms with van der Waals surface area (Å²) >= 11 is 3.44. The zero-order valence-electron chi connectivity index (χ0n) is 11.0. The van der Waals surface area contributed by atoms with Crippen molar-refractivity contribution < 1.29 is 4.79 Å². The predicted octanol–water partition coefficient (Wildman–Crippen LogP) is 3.52. The molecule has 3 nitrogen and oxygen atoms in total. The summed E-state index contributed by atoms with van der Waals surface area (Å²) in [4.78, 5) is 11.9. The Hall–Kier alpha value is -1.39. The second-order valence-corrected chi connectivity index (χ2v) is 5.88. The molecule has 0 aliphatic carbocycles. The molecule has 4 heteroatoms. The summed E-state index contributed by atoms with van der Waals surface area (Å²) in [5.41, 5.74) is 6.60. The number of rotatable bonds is 3. The highest BCUT2D eigenvalue weighted by Crippen LogP contribution is 2.23. The fourth-order valence-electron chi connectivity index (χ4n) is 1.82. The number of fused-ring (bicyclic) bond motifs is 1. The average molecular weight is 321 g/mol. The summed E-state index contributed by atoms with van der Waals surface area (Å²) < 4.78 is 1.04. The SMILES string of the molecule is CC(C)[C@@H](N)C(=O)Nc1ccc2cc(Br)ccc2c1. The van der Waals surface area contributed by atoms with Crippen LogP contribution in [0.3, 0.4) is 0 Å². The predicted molar refractivity (Wildman–Crippen MR) is 83.1 cm³/mol. The molecule has 3 N–H and O–H groups in total. The molecule has 0 aliphatic rings. The number of anilines is 1. The molecule has 0 bridgehead atoms. The molecule has 0 unspecified atom stereocenters. The maximum Gasteiger partial charge on any atom is 0.241 e. The van der Waals surface area contributed by atoms with Crippen LogP contribution in [-0.4, -0.2) is 11.9 Å². The van der Waals surface area contributed by atoms with E-state index in [-0.39, 0.29) is 11.8 Å². The normalized spacial score (nSPS) is 12.7. The van der Waals surface area contributed by atoms with E-state index in [2.05, 4.69) is 21.2 Å². The highest BCUT2D eigenvalue weighted by Gasteiger charge is 2.17. The topological polar surface area (TPSA) is 55.1 Å². The fourth-order valence-corrected chi connectivity index (χ4v) is 2.20. The minimum absolute atomic E-state index is 0.122. The van der Waals surface area contributed by atoms with Crippen LogP contribution < -0.4 is 11.1 Å². The van der Waals surface area contributed by atoms with Gasteiger partial charge in [0.05, 0.1) is 6.04 Å². The number of hydrogen-bond acceptors (Lipinski definition) is 2. The minimum Gasteiger partial charge on any atom is -0.325 e. The number of nitrogens with one attached hydrogen (secondary N) is 1. The van der Waals surface area contributed by atoms with Gasteiger partial charge in [0, 0.05) is 10.2 Å². The molecule has 100 valence electrons. The van der Waals surface area contributed by atoms with Crippen molar-refractivity contribution in [2.75, 3.05) is 5.32 Å². The van der Waals surface area contributed by atoms with E-state index in [0.29, 0.717) is 0 Å². The van der Waals surface area contributed by atoms with Crippen LogP contribution >= 0.6 is 15.9 Å². The number of carbonyl (C=O) groups excluding carboxylic acids is 1. The number of nitrogens with two attached hydrogens (primary N) is 1. The van der Waals surface area contributed by atoms with Crippen molar-refractivity contribution in [3.8, 4) is 0 Å². The number of hydrogen-bond donors (Lipinski definition) is 2. The molecule has 0 spiro atoms. The summed E-state index contributed by atoms with van der Waals surface area (Å²) in [5.74, 6) is -0.0251. The Labute approximate surface area is 121 Å². The van der Waals surface area contributed by atoms with Gasteiger partial charge in [0.1, 0.15) is 0 Å². The lowest BCUT2D eigenvalue weighted by atomic mass is 10.0. The van der Waals surface area contributed by atoms with Gasteiger partial charge in [-0.1, -0.05) is 41.9 Å². The molecule has 0 fully saturated rings. The molecule has 2 aromatic carbocycles. The molecule has 0 heterocycles. The lowest BCUT2D eigenvalue weighted by Gasteiger charge is -2.15. The number of carbonyl (C=O) groups is 1. The van der Waals surface area contributed by atoms with E-state index in [1.165, 1.54) is 0 Å². The molecule has 2 rings (SSSR count). The Bertz CT molecular complexity index is 610. The maximum atomic E-state index is 11.9. The molecule has 19 heavy (non-hydrogen) atoms. The third kappa shape index (κ3) is 3.33. The van der Waals surface area contributed by atoms with E-state index in [1.54, 1.807) is 0 Å². The molecule has 1 atom stereocenters. The van der Waals surface area contributed by atoms with Crippen LogP contribution in [0.5, 0.6) is 0 Å². The van der Waals surface area contributed by atoms with Gasteiger partial charge in [-0.2, -0.15) is 0 Å². The zero-order valence-corrected chi connectivity index (χ0v) is 12.6. The molecule has 0 saturated carbocycles. The van der Waals surface area contributed by atoms with Gasteiger partial charge in [-0.25, -0.2) is 0 Å². The van der Waals surface area contributed by atoms with Crippen LogP contribution in [0, 0.1) is 5.92 Å². The Balaban J connectivity index is 2.22. The van der Waals surface area contributed by atoms with Gasteiger partial charge in [-0.05, 0) is 41.0 Å². The van der Waals surface area contributed by atoms with E-state index in [9.17, 15) is 4.79 Å². The molecular weight excluding hydrogens is 304 g/mol. The molecule has 0 aromatic heterocycles. The number of halogens is 1. The first-order chi connectivity index (χ1) is 8.97. The summed E-state index contributed by atoms with van der Waals surface area (Å²) in [6.45, 7) is 3.87. The highest BCUT2D eigenvalue weighted by atomic mass is 79.9. The Morgan fingerprint density at radius 2 is 1.79 bits per heavy atom. The van der Waals surface area contributed by atoms with Crippen LogP contribution in [0.4, 0.5) is 5.69 Å². The summed E-state index contributed by atoms with van der Waals surface area (Å²) in [7, 11) is 0. The van der Waals surface area contributed by atoms with Crippen molar-refractivity contribution in [2.24, 2.45) is 11.7 Å². The Morgan fingerprint density at radius 1 is 1.16 bits per heavy atom. The molecule has 2 aromatic rings. The highest BCUT2D eigenvalue weighted by molar-refractivity contribution is 9.10. The first-order valence-corrected chi connectivity index (χ1v) is 7.02. The second kappa shape index (κ2) is 5.72. The second-order valence-electron chi connectivity index (χ2n) is 4.97. The Kier molecular flexibility index (Phi) is 4.22. The van der Waals surface area contributed by atoms with Crippen LogP contribution in [0.15, 0.2) is 40.9 Å². The van der Waals surface area contributed by atoms with Crippen LogP contribution in [-0.2, 0) is 4.79 Å². The van der Waals surface area contributed by atoms with Gasteiger partial charge in [0.2, 0.25) is 5.91 Å². The van der Waals surface area contributed by atoms with Crippen molar-refractivity contribution in [1.82, 2.24) is 0 Å². The molecular formula is C15H17BrN2O. The van der Waals surface area contributed by atoms with Gasteiger partial charge < -0.3 is 11.1 Å². The van der Waals surface area contributed by atoms with E-state index in [0.717, 1.165) is 20.9 Å². The lowest BCUT2D eigenvalue weighted by molar-refractivity contribution is -0.118. The maximum absolute atomic E-state index is 11.9. The summed E-state index contributed by atoms with van der Waals surface area (Å²) in [5, 5.41) is 5.06. The minimum atomic E-state index is -0.486. The summed E-state index contributed by atoms with van der Waals surface area (Å²) in [6.07, 6.45) is 0. The van der Waals surface area contributed by atoms with Gasteiger partial charge in [0.15, 0.2) is 0 Å². The first-order valence-electron chi connectivity index (χ1n) is 6.23. The third-order valence-electron chi connectivity index (χ3n) is 3.09. The van der Waals surface area contributed by atoms with Crippen molar-refractivity contribution in [3.63, 3.8) is 0 Å². The standard InChI is InChI=1S/C15H17BrN2O/c1-9(2)14(17)15(19)18-13-6-4-10-7-12(16)5-3-11(10)8-13/h3-9,14H,17H2,1-2H3,(H,18,19)/t14-/m1/s1. The van der Waals surface area contributed by atoms with Crippen molar-refractivity contribution >= 4 is 38.3 Å². The Morgan fingerprint density at radius 3 is 2.47 bits per heavy atom. The van der Waals surface area contributed by atoms with Gasteiger partial charge >= 0.3 is 0 Å². The zero-order chi connectivity index (χ0) is 14.0. The summed E-state index contributed by atoms with van der Waals surface area (Å²) in [6, 6.07) is 11.4. The van der Waals surface area contributed by atoms with Gasteiger partial charge in [-0.15, -0.1) is 0 Å². The smallest absolute Gasteiger partial charge is 0.241 e. The molecule has 0 saturated heterocycles. The van der Waals surface area contributed by atoms with E-state index in [4.69, 9.17) is 5.73 Å². The number of benzene rings is 2. The first kappa shape index (κ1) is 14.0. The van der Waals surface area contributed by atoms with E-state index >= 15 is 0 Å². The molecule has 0 radical (unpaired) electrons. The van der Waals surface area contributed by atoms with Crippen LogP contribution in [0.25, 0.3) is 10.8 Å². The van der Waals surface area contributed by atoms with Gasteiger partial charge in [0.25, 0.3) is 0 Å². The number of amides is 1. The van der Waals surface area contributed by atoms with Crippen LogP contribution in [0.2, 0.25) is 0 Å². The van der Waals surface area contributed by atoms with Crippen molar-refractivity contribution in [3.05, 3.63) is 40.9 Å². The van der Waals surface area contributed by atoms with E-state index < -0.39 is 6.04 Å². The third-order valence-corrected chi connectivity index (χ3v) is 3.58. The lowest BCUT2D eigenvalue weighted by Crippen LogP contribution is -2.39. The van der Waals surface area contributed by atoms with Gasteiger partial charge in [-0.3, -0.25) is 4.79 Å².